The normalized spacial score (nSPS) is 11.4. The van der Waals surface area contributed by atoms with Crippen molar-refractivity contribution in [3.63, 3.8) is 0 Å². The fourth-order valence-corrected chi connectivity index (χ4v) is 12.8. The highest BCUT2D eigenvalue weighted by Crippen LogP contribution is 2.33. The Kier molecular flexibility index (Phi) is 58.3. The Bertz CT molecular complexity index is 1410. The number of thioether (sulfide) groups is 3. The average molecular weight is 1160 g/mol. The van der Waals surface area contributed by atoms with Gasteiger partial charge in [0.2, 0.25) is 0 Å². The summed E-state index contributed by atoms with van der Waals surface area (Å²) in [6, 6.07) is 3.97. The van der Waals surface area contributed by atoms with Crippen molar-refractivity contribution in [1.29, 1.82) is 0 Å². The van der Waals surface area contributed by atoms with Crippen LogP contribution < -0.4 is 0 Å². The van der Waals surface area contributed by atoms with Crippen LogP contribution in [-0.2, 0) is 45.9 Å². The molecular weight excluding hydrogens is 1040 g/mol. The van der Waals surface area contributed by atoms with Gasteiger partial charge in [-0.25, -0.2) is 0 Å². The standard InChI is InChI=1S/C69H126O7S3/c1-4-7-10-13-16-19-22-25-28-31-34-37-40-43-46-49-52-74-66(70)60-77-57-63-55-64(58-78-61-67(71)75-53-50-47-44-41-38-35-32-29-26-23-20-17-14-11-8-5-2)69(73)65(56-63)59-79-62-68(72)76-54-51-48-45-42-39-36-33-30-27-24-21-18-15-12-9-6-3/h55-56,73H,4-54,57-62H2,1-3H3. The smallest absolute Gasteiger partial charge is 0.315 e. The first-order valence-electron chi connectivity index (χ1n) is 33.9. The molecule has 462 valence electrons. The van der Waals surface area contributed by atoms with Gasteiger partial charge in [0.15, 0.2) is 0 Å². The Labute approximate surface area is 501 Å². The summed E-state index contributed by atoms with van der Waals surface area (Å²) in [5.41, 5.74) is 2.50. The Morgan fingerprint density at radius 1 is 0.304 bits per heavy atom. The minimum absolute atomic E-state index is 0.188. The van der Waals surface area contributed by atoms with Crippen molar-refractivity contribution in [2.75, 3.05) is 37.1 Å². The molecule has 0 aliphatic rings. The zero-order chi connectivity index (χ0) is 57.0. The number of esters is 3. The maximum absolute atomic E-state index is 12.7. The summed E-state index contributed by atoms with van der Waals surface area (Å²) in [5, 5.41) is 11.4. The summed E-state index contributed by atoms with van der Waals surface area (Å²) in [6.45, 7) is 8.24. The van der Waals surface area contributed by atoms with E-state index in [-0.39, 0.29) is 40.9 Å². The van der Waals surface area contributed by atoms with Crippen LogP contribution in [0.2, 0.25) is 0 Å². The number of rotatable bonds is 63. The largest absolute Gasteiger partial charge is 0.507 e. The van der Waals surface area contributed by atoms with Crippen molar-refractivity contribution in [2.24, 2.45) is 0 Å². The van der Waals surface area contributed by atoms with Gasteiger partial charge in [-0.1, -0.05) is 322 Å². The molecule has 0 saturated heterocycles. The van der Waals surface area contributed by atoms with E-state index in [9.17, 15) is 19.5 Å². The molecule has 0 spiro atoms. The number of phenols is 1. The predicted molar refractivity (Wildman–Crippen MR) is 348 cm³/mol. The minimum atomic E-state index is -0.218. The molecule has 0 aliphatic heterocycles. The van der Waals surface area contributed by atoms with Gasteiger partial charge in [-0.3, -0.25) is 14.4 Å². The van der Waals surface area contributed by atoms with Crippen LogP contribution in [-0.4, -0.2) is 60.1 Å². The average Bonchev–Trinajstić information content (AvgIpc) is 3.46. The Morgan fingerprint density at radius 3 is 0.709 bits per heavy atom. The maximum Gasteiger partial charge on any atom is 0.315 e. The van der Waals surface area contributed by atoms with E-state index in [1.165, 1.54) is 305 Å². The molecule has 0 aromatic heterocycles. The van der Waals surface area contributed by atoms with E-state index >= 15 is 0 Å². The number of ether oxygens (including phenoxy) is 3. The van der Waals surface area contributed by atoms with Crippen LogP contribution in [0.1, 0.15) is 346 Å². The molecule has 0 bridgehead atoms. The number of carbonyl (C=O) groups is 3. The van der Waals surface area contributed by atoms with E-state index in [1.807, 2.05) is 12.1 Å². The molecule has 1 rings (SSSR count). The molecule has 0 saturated carbocycles. The third-order valence-corrected chi connectivity index (χ3v) is 18.4. The first kappa shape index (κ1) is 75.5. The predicted octanol–water partition coefficient (Wildman–Crippen LogP) is 22.5. The zero-order valence-electron chi connectivity index (χ0n) is 52.1. The maximum atomic E-state index is 12.7. The molecule has 0 aliphatic carbocycles. The fourth-order valence-electron chi connectivity index (χ4n) is 10.5. The van der Waals surface area contributed by atoms with Crippen LogP contribution in [0.3, 0.4) is 0 Å². The molecule has 0 heterocycles. The van der Waals surface area contributed by atoms with Gasteiger partial charge < -0.3 is 19.3 Å². The van der Waals surface area contributed by atoms with Crippen LogP contribution >= 0.6 is 35.3 Å². The highest BCUT2D eigenvalue weighted by Gasteiger charge is 2.15. The molecule has 0 amide bonds. The van der Waals surface area contributed by atoms with Crippen LogP contribution in [0.4, 0.5) is 0 Å². The van der Waals surface area contributed by atoms with Crippen LogP contribution in [0.25, 0.3) is 0 Å². The van der Waals surface area contributed by atoms with Gasteiger partial charge in [0.25, 0.3) is 0 Å². The number of carbonyl (C=O) groups excluding carboxylic acids is 3. The van der Waals surface area contributed by atoms with Gasteiger partial charge in [0.05, 0.1) is 37.1 Å². The van der Waals surface area contributed by atoms with E-state index in [4.69, 9.17) is 14.2 Å². The Morgan fingerprint density at radius 2 is 0.494 bits per heavy atom. The lowest BCUT2D eigenvalue weighted by molar-refractivity contribution is -0.141. The van der Waals surface area contributed by atoms with Gasteiger partial charge in [-0.05, 0) is 24.8 Å². The molecule has 0 unspecified atom stereocenters. The highest BCUT2D eigenvalue weighted by atomic mass is 32.2. The lowest BCUT2D eigenvalue weighted by Crippen LogP contribution is -2.09. The molecular formula is C69H126O7S3. The first-order valence-corrected chi connectivity index (χ1v) is 37.4. The monoisotopic (exact) mass is 1160 g/mol. The van der Waals surface area contributed by atoms with Gasteiger partial charge in [-0.2, -0.15) is 0 Å². The van der Waals surface area contributed by atoms with Gasteiger partial charge in [-0.15, -0.1) is 35.3 Å². The van der Waals surface area contributed by atoms with E-state index in [2.05, 4.69) is 20.8 Å². The second-order valence-corrected chi connectivity index (χ2v) is 26.3. The molecule has 1 N–H and O–H groups in total. The third kappa shape index (κ3) is 53.0. The van der Waals surface area contributed by atoms with Crippen LogP contribution in [0, 0.1) is 0 Å². The van der Waals surface area contributed by atoms with E-state index in [0.717, 1.165) is 55.2 Å². The third-order valence-electron chi connectivity index (χ3n) is 15.6. The highest BCUT2D eigenvalue weighted by molar-refractivity contribution is 7.99. The SMILES string of the molecule is CCCCCCCCCCCCCCCCCCOC(=O)CSCc1cc(CSCC(=O)OCCCCCCCCCCCCCCCCCC)c(O)c(CSCC(=O)OCCCCCCCCCCCCCCCCCC)c1. The number of benzene rings is 1. The van der Waals surface area contributed by atoms with Gasteiger partial charge in [0, 0.05) is 28.4 Å². The summed E-state index contributed by atoms with van der Waals surface area (Å²) in [4.78, 5) is 38.1. The molecule has 7 nitrogen and oxygen atoms in total. The zero-order valence-corrected chi connectivity index (χ0v) is 54.5. The van der Waals surface area contributed by atoms with Crippen molar-refractivity contribution in [3.05, 3.63) is 28.8 Å². The summed E-state index contributed by atoms with van der Waals surface area (Å²) in [6.07, 6.45) is 63.0. The van der Waals surface area contributed by atoms with Crippen molar-refractivity contribution in [2.45, 2.75) is 346 Å². The van der Waals surface area contributed by atoms with E-state index in [1.54, 1.807) is 0 Å². The van der Waals surface area contributed by atoms with Crippen molar-refractivity contribution in [1.82, 2.24) is 0 Å². The second kappa shape index (κ2) is 61.1. The molecule has 0 atom stereocenters. The lowest BCUT2D eigenvalue weighted by Gasteiger charge is -2.13. The van der Waals surface area contributed by atoms with Crippen molar-refractivity contribution in [3.8, 4) is 5.75 Å². The summed E-state index contributed by atoms with van der Waals surface area (Å²) >= 11 is 4.41. The fraction of sp³-hybridized carbons (Fsp3) is 0.870. The Balaban J connectivity index is 2.41. The Hall–Kier alpha value is -1.52. The number of hydrogen-bond acceptors (Lipinski definition) is 10. The molecule has 1 aromatic rings. The van der Waals surface area contributed by atoms with E-state index in [0.29, 0.717) is 37.1 Å². The molecule has 79 heavy (non-hydrogen) atoms. The van der Waals surface area contributed by atoms with E-state index < -0.39 is 0 Å². The van der Waals surface area contributed by atoms with Gasteiger partial charge in [0.1, 0.15) is 5.75 Å². The first-order chi connectivity index (χ1) is 38.9. The topological polar surface area (TPSA) is 99.1 Å². The molecule has 0 radical (unpaired) electrons. The summed E-state index contributed by atoms with van der Waals surface area (Å²) in [7, 11) is 0. The molecule has 1 aromatic carbocycles. The quantitative estimate of drug-likeness (QED) is 0.0386. The number of phenolic OH excluding ortho intramolecular Hbond substituents is 1. The molecule has 0 fully saturated rings. The minimum Gasteiger partial charge on any atom is -0.507 e. The van der Waals surface area contributed by atoms with Crippen molar-refractivity contribution < 1.29 is 33.7 Å². The number of hydrogen-bond donors (Lipinski definition) is 1. The van der Waals surface area contributed by atoms with Crippen LogP contribution in [0.15, 0.2) is 12.1 Å². The number of unbranched alkanes of at least 4 members (excludes halogenated alkanes) is 45. The molecule has 10 heteroatoms. The van der Waals surface area contributed by atoms with Gasteiger partial charge >= 0.3 is 17.9 Å². The lowest BCUT2D eigenvalue weighted by atomic mass is 10.0. The van der Waals surface area contributed by atoms with Crippen LogP contribution in [0.5, 0.6) is 5.75 Å². The number of aromatic hydroxyl groups is 1. The summed E-state index contributed by atoms with van der Waals surface area (Å²) < 4.78 is 16.8. The summed E-state index contributed by atoms with van der Waals surface area (Å²) in [5.74, 6) is 1.79. The second-order valence-electron chi connectivity index (χ2n) is 23.3. The van der Waals surface area contributed by atoms with Crippen molar-refractivity contribution >= 4 is 53.2 Å².